The maximum Gasteiger partial charge on any atom is 0.271 e. The van der Waals surface area contributed by atoms with Crippen molar-refractivity contribution >= 4 is 17.5 Å². The molecule has 18 heavy (non-hydrogen) atoms. The van der Waals surface area contributed by atoms with Crippen LogP contribution < -0.4 is 5.32 Å². The summed E-state index contributed by atoms with van der Waals surface area (Å²) >= 11 is 5.64. The van der Waals surface area contributed by atoms with Crippen molar-refractivity contribution < 1.29 is 4.79 Å². The molecule has 0 aromatic carbocycles. The molecule has 0 atom stereocenters. The molecule has 5 heteroatoms. The zero-order valence-electron chi connectivity index (χ0n) is 10.6. The van der Waals surface area contributed by atoms with Gasteiger partial charge in [-0.25, -0.2) is 9.97 Å². The number of hydrogen-bond donors (Lipinski definition) is 1. The van der Waals surface area contributed by atoms with Gasteiger partial charge in [0.2, 0.25) is 0 Å². The van der Waals surface area contributed by atoms with E-state index in [2.05, 4.69) is 22.2 Å². The molecule has 1 aromatic heterocycles. The molecule has 1 aliphatic rings. The lowest BCUT2D eigenvalue weighted by molar-refractivity contribution is 0.0923. The van der Waals surface area contributed by atoms with Gasteiger partial charge in [0.05, 0.1) is 12.4 Å². The SMILES string of the molecule is CCC1(CNC(=O)c2cnc(Cl)cn2)CCCC1. The van der Waals surface area contributed by atoms with Gasteiger partial charge >= 0.3 is 0 Å². The summed E-state index contributed by atoms with van der Waals surface area (Å²) in [4.78, 5) is 19.7. The van der Waals surface area contributed by atoms with E-state index >= 15 is 0 Å². The van der Waals surface area contributed by atoms with Crippen molar-refractivity contribution in [1.29, 1.82) is 0 Å². The van der Waals surface area contributed by atoms with Crippen LogP contribution in [-0.4, -0.2) is 22.4 Å². The normalized spacial score (nSPS) is 17.7. The predicted molar refractivity (Wildman–Crippen MR) is 70.6 cm³/mol. The molecular formula is C13H18ClN3O. The van der Waals surface area contributed by atoms with Gasteiger partial charge in [-0.05, 0) is 24.7 Å². The van der Waals surface area contributed by atoms with Crippen LogP contribution in [0.2, 0.25) is 5.15 Å². The maximum absolute atomic E-state index is 11.9. The summed E-state index contributed by atoms with van der Waals surface area (Å²) in [6.07, 6.45) is 8.85. The first-order valence-electron chi connectivity index (χ1n) is 6.41. The number of carbonyl (C=O) groups is 1. The van der Waals surface area contributed by atoms with E-state index in [-0.39, 0.29) is 11.3 Å². The van der Waals surface area contributed by atoms with Crippen LogP contribution >= 0.6 is 11.6 Å². The predicted octanol–water partition coefficient (Wildman–Crippen LogP) is 2.83. The molecule has 0 radical (unpaired) electrons. The molecule has 1 fully saturated rings. The number of carbonyl (C=O) groups excluding carboxylic acids is 1. The van der Waals surface area contributed by atoms with Crippen LogP contribution in [0.15, 0.2) is 12.4 Å². The topological polar surface area (TPSA) is 54.9 Å². The molecule has 1 N–H and O–H groups in total. The lowest BCUT2D eigenvalue weighted by atomic mass is 9.83. The Morgan fingerprint density at radius 3 is 2.67 bits per heavy atom. The third kappa shape index (κ3) is 2.99. The zero-order chi connectivity index (χ0) is 13.0. The summed E-state index contributed by atoms with van der Waals surface area (Å²) in [5.41, 5.74) is 0.610. The molecule has 1 aliphatic carbocycles. The minimum Gasteiger partial charge on any atom is -0.350 e. The highest BCUT2D eigenvalue weighted by Gasteiger charge is 2.32. The van der Waals surface area contributed by atoms with Crippen molar-refractivity contribution in [3.05, 3.63) is 23.2 Å². The Labute approximate surface area is 112 Å². The van der Waals surface area contributed by atoms with Gasteiger partial charge in [-0.1, -0.05) is 31.4 Å². The van der Waals surface area contributed by atoms with Crippen molar-refractivity contribution in [3.63, 3.8) is 0 Å². The fraction of sp³-hybridized carbons (Fsp3) is 0.615. The van der Waals surface area contributed by atoms with E-state index < -0.39 is 0 Å². The summed E-state index contributed by atoms with van der Waals surface area (Å²) in [6.45, 7) is 2.92. The largest absolute Gasteiger partial charge is 0.350 e. The fourth-order valence-electron chi connectivity index (χ4n) is 2.57. The van der Waals surface area contributed by atoms with Crippen LogP contribution in [0.1, 0.15) is 49.5 Å². The second-order valence-corrected chi connectivity index (χ2v) is 5.35. The van der Waals surface area contributed by atoms with Gasteiger partial charge in [0.15, 0.2) is 0 Å². The molecule has 0 unspecified atom stereocenters. The monoisotopic (exact) mass is 267 g/mol. The summed E-state index contributed by atoms with van der Waals surface area (Å²) in [6, 6.07) is 0. The first-order valence-corrected chi connectivity index (χ1v) is 6.79. The molecule has 4 nitrogen and oxygen atoms in total. The van der Waals surface area contributed by atoms with Crippen LogP contribution in [0.3, 0.4) is 0 Å². The van der Waals surface area contributed by atoms with Crippen molar-refractivity contribution in [2.24, 2.45) is 5.41 Å². The Kier molecular flexibility index (Phi) is 4.17. The number of aromatic nitrogens is 2. The van der Waals surface area contributed by atoms with E-state index in [0.29, 0.717) is 10.8 Å². The van der Waals surface area contributed by atoms with Gasteiger partial charge < -0.3 is 5.32 Å². The van der Waals surface area contributed by atoms with E-state index in [1.54, 1.807) is 0 Å². The second-order valence-electron chi connectivity index (χ2n) is 4.97. The van der Waals surface area contributed by atoms with Crippen LogP contribution in [0.4, 0.5) is 0 Å². The summed E-state index contributed by atoms with van der Waals surface area (Å²) in [5.74, 6) is -0.168. The van der Waals surface area contributed by atoms with Crippen molar-refractivity contribution in [2.45, 2.75) is 39.0 Å². The van der Waals surface area contributed by atoms with Gasteiger partial charge in [0, 0.05) is 6.54 Å². The van der Waals surface area contributed by atoms with Gasteiger partial charge in [-0.3, -0.25) is 4.79 Å². The molecule has 0 aliphatic heterocycles. The minimum atomic E-state index is -0.168. The Morgan fingerprint density at radius 2 is 2.11 bits per heavy atom. The van der Waals surface area contributed by atoms with E-state index in [1.807, 2.05) is 0 Å². The van der Waals surface area contributed by atoms with E-state index in [0.717, 1.165) is 13.0 Å². The van der Waals surface area contributed by atoms with Crippen LogP contribution in [0.25, 0.3) is 0 Å². The molecule has 1 amide bonds. The third-order valence-corrected chi connectivity index (χ3v) is 4.09. The quantitative estimate of drug-likeness (QED) is 0.913. The molecule has 0 saturated heterocycles. The summed E-state index contributed by atoms with van der Waals surface area (Å²) < 4.78 is 0. The number of hydrogen-bond acceptors (Lipinski definition) is 3. The summed E-state index contributed by atoms with van der Waals surface area (Å²) in [7, 11) is 0. The standard InChI is InChI=1S/C13H18ClN3O/c1-2-13(5-3-4-6-13)9-17-12(18)10-7-16-11(14)8-15-10/h7-8H,2-6,9H2,1H3,(H,17,18). The molecule has 1 aromatic rings. The molecule has 0 bridgehead atoms. The number of rotatable bonds is 4. The Balaban J connectivity index is 1.93. The van der Waals surface area contributed by atoms with Gasteiger partial charge in [0.1, 0.15) is 10.8 Å². The lowest BCUT2D eigenvalue weighted by Crippen LogP contribution is -2.36. The molecular weight excluding hydrogens is 250 g/mol. The second kappa shape index (κ2) is 5.65. The number of amides is 1. The first kappa shape index (κ1) is 13.3. The summed E-state index contributed by atoms with van der Waals surface area (Å²) in [5, 5.41) is 3.27. The molecule has 98 valence electrons. The Hall–Kier alpha value is -1.16. The van der Waals surface area contributed by atoms with Crippen molar-refractivity contribution in [2.75, 3.05) is 6.54 Å². The Morgan fingerprint density at radius 1 is 1.39 bits per heavy atom. The lowest BCUT2D eigenvalue weighted by Gasteiger charge is -2.27. The average molecular weight is 268 g/mol. The molecule has 1 heterocycles. The highest BCUT2D eigenvalue weighted by molar-refractivity contribution is 6.29. The highest BCUT2D eigenvalue weighted by Crippen LogP contribution is 2.40. The number of nitrogens with zero attached hydrogens (tertiary/aromatic N) is 2. The maximum atomic E-state index is 11.9. The van der Waals surface area contributed by atoms with Gasteiger partial charge in [-0.2, -0.15) is 0 Å². The number of nitrogens with one attached hydrogen (secondary N) is 1. The van der Waals surface area contributed by atoms with E-state index in [9.17, 15) is 4.79 Å². The minimum absolute atomic E-state index is 0.168. The van der Waals surface area contributed by atoms with Gasteiger partial charge in [0.25, 0.3) is 5.91 Å². The van der Waals surface area contributed by atoms with Crippen LogP contribution in [-0.2, 0) is 0 Å². The Bertz CT molecular complexity index is 413. The third-order valence-electron chi connectivity index (χ3n) is 3.89. The van der Waals surface area contributed by atoms with Crippen LogP contribution in [0.5, 0.6) is 0 Å². The fourth-order valence-corrected chi connectivity index (χ4v) is 2.67. The van der Waals surface area contributed by atoms with Crippen molar-refractivity contribution in [3.8, 4) is 0 Å². The molecule has 2 rings (SSSR count). The van der Waals surface area contributed by atoms with Crippen LogP contribution in [0, 0.1) is 5.41 Å². The smallest absolute Gasteiger partial charge is 0.271 e. The van der Waals surface area contributed by atoms with Gasteiger partial charge in [-0.15, -0.1) is 0 Å². The highest BCUT2D eigenvalue weighted by atomic mass is 35.5. The average Bonchev–Trinajstić information content (AvgIpc) is 2.86. The van der Waals surface area contributed by atoms with E-state index in [4.69, 9.17) is 11.6 Å². The first-order chi connectivity index (χ1) is 8.65. The molecule has 1 saturated carbocycles. The molecule has 0 spiro atoms. The zero-order valence-corrected chi connectivity index (χ0v) is 11.3. The van der Waals surface area contributed by atoms with E-state index in [1.165, 1.54) is 38.1 Å². The van der Waals surface area contributed by atoms with Crippen molar-refractivity contribution in [1.82, 2.24) is 15.3 Å². The number of halogens is 1.